The standard InChI is InChI=1S/C25H43FO5/c1-6-25(4,5)24(30)31-21-12-15(2)11-17-8-7-16(3)20(23(17)21)10-9-19(27)13-18(26)14-22(28)29/h15-21,23,27H,6-14H2,1-5H3,(H,28,29)/t15-,16-,17?,18-,19+,20?,21-,23?/m0/s1. The highest BCUT2D eigenvalue weighted by molar-refractivity contribution is 5.76. The van der Waals surface area contributed by atoms with Crippen LogP contribution in [0.25, 0.3) is 0 Å². The van der Waals surface area contributed by atoms with Gasteiger partial charge in [-0.3, -0.25) is 9.59 Å². The SMILES string of the molecule is CCC(C)(C)C(=O)O[C@H]1C[C@@H](C)CC2CC[C@H](C)C(CC[C@@H](O)C[C@H](F)CC(=O)O)C21. The maximum Gasteiger partial charge on any atom is 0.311 e. The average Bonchev–Trinajstić information content (AvgIpc) is 2.66. The molecule has 0 bridgehead atoms. The number of alkyl halides is 1. The van der Waals surface area contributed by atoms with Crippen molar-refractivity contribution in [3.63, 3.8) is 0 Å². The van der Waals surface area contributed by atoms with Gasteiger partial charge in [0, 0.05) is 12.3 Å². The van der Waals surface area contributed by atoms with E-state index in [-0.39, 0.29) is 24.4 Å². The van der Waals surface area contributed by atoms with Gasteiger partial charge in [0.2, 0.25) is 0 Å². The summed E-state index contributed by atoms with van der Waals surface area (Å²) in [6, 6.07) is 0. The average molecular weight is 443 g/mol. The van der Waals surface area contributed by atoms with E-state index < -0.39 is 30.1 Å². The number of aliphatic hydroxyl groups is 1. The number of aliphatic hydroxyl groups excluding tert-OH is 1. The fourth-order valence-corrected chi connectivity index (χ4v) is 5.75. The number of halogens is 1. The van der Waals surface area contributed by atoms with Crippen LogP contribution in [-0.2, 0) is 14.3 Å². The summed E-state index contributed by atoms with van der Waals surface area (Å²) in [5, 5.41) is 19.0. The molecule has 0 aromatic rings. The van der Waals surface area contributed by atoms with Gasteiger partial charge in [0.1, 0.15) is 12.3 Å². The van der Waals surface area contributed by atoms with E-state index in [0.29, 0.717) is 30.1 Å². The van der Waals surface area contributed by atoms with E-state index >= 15 is 0 Å². The van der Waals surface area contributed by atoms with Crippen LogP contribution in [-0.4, -0.2) is 40.5 Å². The minimum absolute atomic E-state index is 0.0992. The molecular weight excluding hydrogens is 399 g/mol. The van der Waals surface area contributed by atoms with Crippen LogP contribution in [0, 0.1) is 35.0 Å². The molecule has 2 N–H and O–H groups in total. The zero-order chi connectivity index (χ0) is 23.3. The molecule has 0 heterocycles. The van der Waals surface area contributed by atoms with Crippen molar-refractivity contribution in [2.45, 2.75) is 111 Å². The molecule has 2 fully saturated rings. The highest BCUT2D eigenvalue weighted by Gasteiger charge is 2.47. The first-order valence-corrected chi connectivity index (χ1v) is 12.2. The molecular formula is C25H43FO5. The van der Waals surface area contributed by atoms with E-state index in [4.69, 9.17) is 9.84 Å². The van der Waals surface area contributed by atoms with E-state index in [1.807, 2.05) is 20.8 Å². The number of ether oxygens (including phenoxy) is 1. The number of rotatable bonds is 10. The molecule has 31 heavy (non-hydrogen) atoms. The Kier molecular flexibility index (Phi) is 9.35. The highest BCUT2D eigenvalue weighted by atomic mass is 19.1. The highest BCUT2D eigenvalue weighted by Crippen LogP contribution is 2.50. The van der Waals surface area contributed by atoms with Crippen molar-refractivity contribution in [1.29, 1.82) is 0 Å². The van der Waals surface area contributed by atoms with Gasteiger partial charge in [0.05, 0.1) is 17.9 Å². The molecule has 2 aliphatic rings. The summed E-state index contributed by atoms with van der Waals surface area (Å²) >= 11 is 0. The molecule has 0 aromatic carbocycles. The maximum absolute atomic E-state index is 13.8. The monoisotopic (exact) mass is 442 g/mol. The second-order valence-corrected chi connectivity index (χ2v) is 11.0. The number of fused-ring (bicyclic) bond motifs is 1. The third-order valence-electron chi connectivity index (χ3n) is 7.98. The van der Waals surface area contributed by atoms with Crippen LogP contribution in [0.5, 0.6) is 0 Å². The minimum atomic E-state index is -1.52. The largest absolute Gasteiger partial charge is 0.481 e. The van der Waals surface area contributed by atoms with Gasteiger partial charge < -0.3 is 14.9 Å². The second kappa shape index (κ2) is 11.1. The van der Waals surface area contributed by atoms with E-state index in [1.165, 1.54) is 0 Å². The molecule has 0 aromatic heterocycles. The molecule has 0 amide bonds. The van der Waals surface area contributed by atoms with Gasteiger partial charge in [-0.1, -0.05) is 27.2 Å². The molecule has 0 radical (unpaired) electrons. The lowest BCUT2D eigenvalue weighted by Gasteiger charge is -2.50. The van der Waals surface area contributed by atoms with Crippen LogP contribution in [0.2, 0.25) is 0 Å². The fraction of sp³-hybridized carbons (Fsp3) is 0.920. The lowest BCUT2D eigenvalue weighted by molar-refractivity contribution is -0.173. The van der Waals surface area contributed by atoms with Crippen LogP contribution in [0.4, 0.5) is 4.39 Å². The first kappa shape index (κ1) is 26.1. The van der Waals surface area contributed by atoms with Crippen molar-refractivity contribution in [2.24, 2.45) is 35.0 Å². The van der Waals surface area contributed by atoms with Gasteiger partial charge in [0.25, 0.3) is 0 Å². The van der Waals surface area contributed by atoms with Gasteiger partial charge in [-0.15, -0.1) is 0 Å². The molecule has 0 spiro atoms. The van der Waals surface area contributed by atoms with Gasteiger partial charge in [-0.05, 0) is 76.0 Å². The van der Waals surface area contributed by atoms with Gasteiger partial charge >= 0.3 is 11.9 Å². The predicted octanol–water partition coefficient (Wildman–Crippen LogP) is 5.39. The maximum atomic E-state index is 13.8. The fourth-order valence-electron chi connectivity index (χ4n) is 5.75. The summed E-state index contributed by atoms with van der Waals surface area (Å²) in [6.45, 7) is 10.3. The molecule has 5 nitrogen and oxygen atoms in total. The Bertz CT molecular complexity index is 607. The number of carboxylic acid groups (broad SMARTS) is 1. The lowest BCUT2D eigenvalue weighted by Crippen LogP contribution is -2.48. The Morgan fingerprint density at radius 1 is 1.19 bits per heavy atom. The summed E-state index contributed by atoms with van der Waals surface area (Å²) < 4.78 is 20.0. The Hall–Kier alpha value is -1.17. The Morgan fingerprint density at radius 2 is 1.87 bits per heavy atom. The van der Waals surface area contributed by atoms with Crippen molar-refractivity contribution in [2.75, 3.05) is 0 Å². The van der Waals surface area contributed by atoms with Crippen LogP contribution in [0.3, 0.4) is 0 Å². The van der Waals surface area contributed by atoms with Crippen LogP contribution < -0.4 is 0 Å². The van der Waals surface area contributed by atoms with Crippen LogP contribution in [0.1, 0.15) is 92.4 Å². The Morgan fingerprint density at radius 3 is 2.48 bits per heavy atom. The minimum Gasteiger partial charge on any atom is -0.481 e. The lowest BCUT2D eigenvalue weighted by atomic mass is 9.58. The number of aliphatic carboxylic acids is 1. The first-order valence-electron chi connectivity index (χ1n) is 12.2. The Labute approximate surface area is 187 Å². The summed E-state index contributed by atoms with van der Waals surface area (Å²) in [5.41, 5.74) is -0.498. The van der Waals surface area contributed by atoms with Gasteiger partial charge in [0.15, 0.2) is 0 Å². The summed E-state index contributed by atoms with van der Waals surface area (Å²) in [5.74, 6) is 0.794. The summed E-state index contributed by atoms with van der Waals surface area (Å²) in [7, 11) is 0. The summed E-state index contributed by atoms with van der Waals surface area (Å²) in [4.78, 5) is 23.5. The molecule has 3 unspecified atom stereocenters. The normalized spacial score (nSPS) is 33.3. The van der Waals surface area contributed by atoms with Crippen molar-refractivity contribution in [3.05, 3.63) is 0 Å². The van der Waals surface area contributed by atoms with E-state index in [0.717, 1.165) is 38.5 Å². The smallest absolute Gasteiger partial charge is 0.311 e. The number of hydrogen-bond donors (Lipinski definition) is 2. The van der Waals surface area contributed by atoms with E-state index in [9.17, 15) is 19.1 Å². The molecule has 2 aliphatic carbocycles. The van der Waals surface area contributed by atoms with Gasteiger partial charge in [-0.25, -0.2) is 4.39 Å². The van der Waals surface area contributed by atoms with Crippen molar-refractivity contribution < 1.29 is 28.9 Å². The van der Waals surface area contributed by atoms with E-state index in [1.54, 1.807) is 0 Å². The van der Waals surface area contributed by atoms with Gasteiger partial charge in [-0.2, -0.15) is 0 Å². The van der Waals surface area contributed by atoms with E-state index in [2.05, 4.69) is 13.8 Å². The molecule has 2 rings (SSSR count). The molecule has 6 heteroatoms. The summed E-state index contributed by atoms with van der Waals surface area (Å²) in [6.07, 6.45) is 3.06. The Balaban J connectivity index is 2.08. The zero-order valence-corrected chi connectivity index (χ0v) is 20.0. The first-order chi connectivity index (χ1) is 14.4. The predicted molar refractivity (Wildman–Crippen MR) is 118 cm³/mol. The number of carboxylic acids is 1. The van der Waals surface area contributed by atoms with Crippen molar-refractivity contribution in [1.82, 2.24) is 0 Å². The molecule has 180 valence electrons. The molecule has 2 saturated carbocycles. The molecule has 0 aliphatic heterocycles. The third kappa shape index (κ3) is 7.16. The molecule has 0 saturated heterocycles. The quantitative estimate of drug-likeness (QED) is 0.443. The number of carbonyl (C=O) groups is 2. The topological polar surface area (TPSA) is 83.8 Å². The third-order valence-corrected chi connectivity index (χ3v) is 7.98. The second-order valence-electron chi connectivity index (χ2n) is 11.0. The molecule has 8 atom stereocenters. The number of esters is 1. The van der Waals surface area contributed by atoms with Crippen LogP contribution >= 0.6 is 0 Å². The van der Waals surface area contributed by atoms with Crippen LogP contribution in [0.15, 0.2) is 0 Å². The number of carbonyl (C=O) groups excluding carboxylic acids is 1. The van der Waals surface area contributed by atoms with Crippen molar-refractivity contribution >= 4 is 11.9 Å². The van der Waals surface area contributed by atoms with Crippen molar-refractivity contribution in [3.8, 4) is 0 Å². The number of hydrogen-bond acceptors (Lipinski definition) is 4. The zero-order valence-electron chi connectivity index (χ0n) is 20.0.